The first kappa shape index (κ1) is 11.3. The minimum absolute atomic E-state index is 0.350. The maximum atomic E-state index is 5.53. The van der Waals surface area contributed by atoms with Gasteiger partial charge in [-0.3, -0.25) is 0 Å². The van der Waals surface area contributed by atoms with E-state index in [4.69, 9.17) is 4.52 Å². The Balaban J connectivity index is 2.66. The summed E-state index contributed by atoms with van der Waals surface area (Å²) in [7, 11) is 0. The molecule has 0 saturated heterocycles. The average molecular weight is 196 g/mol. The summed E-state index contributed by atoms with van der Waals surface area (Å²) in [4.78, 5) is 0. The molecule has 0 aliphatic carbocycles. The summed E-state index contributed by atoms with van der Waals surface area (Å²) < 4.78 is 7.47. The summed E-state index contributed by atoms with van der Waals surface area (Å²) in [6, 6.07) is 2.01. The Bertz CT molecular complexity index is 283. The Kier molecular flexibility index (Phi) is 3.35. The molecule has 1 heterocycles. The number of rotatable bonds is 3. The van der Waals surface area contributed by atoms with Gasteiger partial charge in [-0.05, 0) is 16.6 Å². The lowest BCUT2D eigenvalue weighted by Gasteiger charge is -2.25. The number of aryl methyl sites for hydroxylation is 1. The third kappa shape index (κ3) is 2.86. The molecule has 0 fully saturated rings. The first-order valence-electron chi connectivity index (χ1n) is 5.40. The van der Waals surface area contributed by atoms with Gasteiger partial charge >= 0.3 is 0 Å². The first-order chi connectivity index (χ1) is 6.43. The van der Waals surface area contributed by atoms with E-state index in [1.165, 1.54) is 6.42 Å². The van der Waals surface area contributed by atoms with Crippen LogP contribution in [0.2, 0.25) is 0 Å². The van der Waals surface area contributed by atoms with Crippen molar-refractivity contribution in [3.63, 3.8) is 0 Å². The van der Waals surface area contributed by atoms with Gasteiger partial charge in [0.25, 0.3) is 0 Å². The van der Waals surface area contributed by atoms with Gasteiger partial charge in [0.05, 0.1) is 6.07 Å². The number of hydrogen-bond acceptors (Lipinski definition) is 1. The van der Waals surface area contributed by atoms with Crippen LogP contribution in [-0.4, -0.2) is 0 Å². The zero-order chi connectivity index (χ0) is 10.8. The van der Waals surface area contributed by atoms with Crippen molar-refractivity contribution in [1.29, 1.82) is 0 Å². The van der Waals surface area contributed by atoms with Crippen molar-refractivity contribution in [3.8, 4) is 0 Å². The van der Waals surface area contributed by atoms with E-state index in [1.807, 2.05) is 23.9 Å². The molecule has 0 N–H and O–H groups in total. The summed E-state index contributed by atoms with van der Waals surface area (Å²) >= 11 is 0. The maximum Gasteiger partial charge on any atom is 0.219 e. The van der Waals surface area contributed by atoms with E-state index in [0.717, 1.165) is 12.3 Å². The molecule has 0 aromatic carbocycles. The molecule has 1 unspecified atom stereocenters. The summed E-state index contributed by atoms with van der Waals surface area (Å²) in [6.45, 7) is 12.1. The molecule has 1 atom stereocenters. The zero-order valence-corrected chi connectivity index (χ0v) is 10.0. The van der Waals surface area contributed by atoms with Crippen LogP contribution in [0.1, 0.15) is 39.9 Å². The molecule has 0 radical (unpaired) electrons. The normalized spacial score (nSPS) is 14.4. The van der Waals surface area contributed by atoms with Crippen molar-refractivity contribution in [3.05, 3.63) is 18.0 Å². The summed E-state index contributed by atoms with van der Waals surface area (Å²) in [5.74, 6) is 1.65. The van der Waals surface area contributed by atoms with Gasteiger partial charge in [0.15, 0.2) is 12.3 Å². The molecule has 0 saturated carbocycles. The highest BCUT2D eigenvalue weighted by atomic mass is 16.5. The molecular weight excluding hydrogens is 174 g/mol. The summed E-state index contributed by atoms with van der Waals surface area (Å²) in [5.41, 5.74) is 0.350. The molecule has 1 rings (SSSR count). The van der Waals surface area contributed by atoms with Crippen LogP contribution in [0.25, 0.3) is 0 Å². The first-order valence-corrected chi connectivity index (χ1v) is 5.40. The molecule has 0 aliphatic rings. The van der Waals surface area contributed by atoms with Gasteiger partial charge in [-0.2, -0.15) is 0 Å². The molecule has 1 aromatic heterocycles. The van der Waals surface area contributed by atoms with Crippen molar-refractivity contribution < 1.29 is 9.26 Å². The maximum absolute atomic E-state index is 5.53. The predicted molar refractivity (Wildman–Crippen MR) is 56.9 cm³/mol. The third-order valence-electron chi connectivity index (χ3n) is 2.85. The van der Waals surface area contributed by atoms with Crippen LogP contribution < -0.4 is 4.74 Å². The highest BCUT2D eigenvalue weighted by Crippen LogP contribution is 2.28. The quantitative estimate of drug-likeness (QED) is 0.679. The molecule has 0 spiro atoms. The standard InChI is InChI=1S/C12H22NO/c1-6-11(12(3,4)5)9-13-8-7-10(2)14-13/h7-8,11H,6,9H2,1-5H3/q+1. The second kappa shape index (κ2) is 4.16. The Hall–Kier alpha value is -0.790. The molecule has 2 nitrogen and oxygen atoms in total. The fourth-order valence-corrected chi connectivity index (χ4v) is 1.76. The van der Waals surface area contributed by atoms with E-state index < -0.39 is 0 Å². The minimum atomic E-state index is 0.350. The summed E-state index contributed by atoms with van der Waals surface area (Å²) in [6.07, 6.45) is 3.21. The van der Waals surface area contributed by atoms with Crippen LogP contribution in [0.4, 0.5) is 0 Å². The lowest BCUT2D eigenvalue weighted by atomic mass is 9.79. The molecule has 80 valence electrons. The van der Waals surface area contributed by atoms with Crippen molar-refractivity contribution in [1.82, 2.24) is 0 Å². The highest BCUT2D eigenvalue weighted by Gasteiger charge is 2.27. The fourth-order valence-electron chi connectivity index (χ4n) is 1.76. The molecule has 0 bridgehead atoms. The predicted octanol–water partition coefficient (Wildman–Crippen LogP) is 2.95. The van der Waals surface area contributed by atoms with Crippen molar-refractivity contribution in [2.45, 2.75) is 47.6 Å². The SMILES string of the molecule is CCC(C[n+]1ccc(C)o1)C(C)(C)C. The van der Waals surface area contributed by atoms with E-state index >= 15 is 0 Å². The van der Waals surface area contributed by atoms with Crippen LogP contribution in [-0.2, 0) is 6.54 Å². The Morgan fingerprint density at radius 2 is 2.07 bits per heavy atom. The Morgan fingerprint density at radius 3 is 2.43 bits per heavy atom. The molecule has 1 aromatic rings. The summed E-state index contributed by atoms with van der Waals surface area (Å²) in [5, 5.41) is 0. The van der Waals surface area contributed by atoms with Gasteiger partial charge in [-0.1, -0.05) is 27.7 Å². The highest BCUT2D eigenvalue weighted by molar-refractivity contribution is 4.84. The lowest BCUT2D eigenvalue weighted by Crippen LogP contribution is -2.39. The molecule has 2 heteroatoms. The molecule has 0 amide bonds. The fraction of sp³-hybridized carbons (Fsp3) is 0.750. The van der Waals surface area contributed by atoms with E-state index in [0.29, 0.717) is 11.3 Å². The lowest BCUT2D eigenvalue weighted by molar-refractivity contribution is -0.869. The molecule has 0 aliphatic heterocycles. The minimum Gasteiger partial charge on any atom is -0.242 e. The monoisotopic (exact) mass is 196 g/mol. The van der Waals surface area contributed by atoms with E-state index in [1.54, 1.807) is 0 Å². The molecular formula is C12H22NO+. The smallest absolute Gasteiger partial charge is 0.219 e. The number of hydrogen-bond donors (Lipinski definition) is 0. The largest absolute Gasteiger partial charge is 0.242 e. The van der Waals surface area contributed by atoms with Crippen molar-refractivity contribution >= 4 is 0 Å². The molecule has 14 heavy (non-hydrogen) atoms. The number of nitrogens with zero attached hydrogens (tertiary/aromatic N) is 1. The van der Waals surface area contributed by atoms with Crippen LogP contribution in [0.3, 0.4) is 0 Å². The Labute approximate surface area is 86.9 Å². The van der Waals surface area contributed by atoms with Gasteiger partial charge < -0.3 is 0 Å². The van der Waals surface area contributed by atoms with Gasteiger partial charge in [0.1, 0.15) is 0 Å². The van der Waals surface area contributed by atoms with Crippen molar-refractivity contribution in [2.75, 3.05) is 0 Å². The Morgan fingerprint density at radius 1 is 1.43 bits per heavy atom. The third-order valence-corrected chi connectivity index (χ3v) is 2.85. The second-order valence-corrected chi connectivity index (χ2v) is 5.09. The van der Waals surface area contributed by atoms with Crippen LogP contribution in [0.15, 0.2) is 16.8 Å². The van der Waals surface area contributed by atoms with Gasteiger partial charge in [-0.15, -0.1) is 0 Å². The van der Waals surface area contributed by atoms with E-state index in [9.17, 15) is 0 Å². The van der Waals surface area contributed by atoms with Gasteiger partial charge in [0.2, 0.25) is 6.20 Å². The number of aromatic nitrogens is 1. The van der Waals surface area contributed by atoms with Crippen LogP contribution in [0.5, 0.6) is 0 Å². The average Bonchev–Trinajstić information content (AvgIpc) is 2.45. The van der Waals surface area contributed by atoms with E-state index in [-0.39, 0.29) is 0 Å². The van der Waals surface area contributed by atoms with Crippen LogP contribution in [0, 0.1) is 18.3 Å². The zero-order valence-electron chi connectivity index (χ0n) is 10.0. The van der Waals surface area contributed by atoms with Gasteiger partial charge in [-0.25, -0.2) is 4.52 Å². The topological polar surface area (TPSA) is 17.0 Å². The van der Waals surface area contributed by atoms with E-state index in [2.05, 4.69) is 27.7 Å². The van der Waals surface area contributed by atoms with Gasteiger partial charge in [0, 0.05) is 12.8 Å². The van der Waals surface area contributed by atoms with Crippen molar-refractivity contribution in [2.24, 2.45) is 11.3 Å². The second-order valence-electron chi connectivity index (χ2n) is 5.09. The van der Waals surface area contributed by atoms with Crippen LogP contribution >= 0.6 is 0 Å².